The van der Waals surface area contributed by atoms with Gasteiger partial charge in [0.25, 0.3) is 5.56 Å². The zero-order valence-corrected chi connectivity index (χ0v) is 11.2. The Bertz CT molecular complexity index is 919. The molecule has 2 heterocycles. The minimum Gasteiger partial charge on any atom is -0.494 e. The normalized spacial score (nSPS) is 10.5. The number of amidine groups is 1. The number of benzene rings is 1. The van der Waals surface area contributed by atoms with Gasteiger partial charge in [-0.05, 0) is 12.1 Å². The Morgan fingerprint density at radius 1 is 1.14 bits per heavy atom. The molecule has 0 aliphatic rings. The second kappa shape index (κ2) is 5.13. The van der Waals surface area contributed by atoms with Crippen molar-refractivity contribution in [1.29, 1.82) is 5.41 Å². The summed E-state index contributed by atoms with van der Waals surface area (Å²) in [4.78, 5) is 26.6. The Labute approximate surface area is 122 Å². The van der Waals surface area contributed by atoms with Crippen molar-refractivity contribution in [2.24, 2.45) is 0 Å². The summed E-state index contributed by atoms with van der Waals surface area (Å²) in [5.41, 5.74) is 0.448. The molecule has 1 aromatic carbocycles. The molecule has 0 aliphatic heterocycles. The second-order valence-corrected chi connectivity index (χ2v) is 4.54. The number of hydrogen-bond donors (Lipinski definition) is 7. The van der Waals surface area contributed by atoms with E-state index in [-0.39, 0.29) is 11.4 Å². The molecule has 0 fully saturated rings. The summed E-state index contributed by atoms with van der Waals surface area (Å²) in [7, 11) is 0. The van der Waals surface area contributed by atoms with E-state index in [9.17, 15) is 14.7 Å². The maximum Gasteiger partial charge on any atom is 0.328 e. The van der Waals surface area contributed by atoms with Crippen molar-refractivity contribution in [2.75, 3.05) is 5.32 Å². The van der Waals surface area contributed by atoms with Crippen LogP contribution in [0, 0.1) is 5.41 Å². The lowest BCUT2D eigenvalue weighted by atomic mass is 10.1. The lowest BCUT2D eigenvalue weighted by Crippen LogP contribution is -2.30. The average Bonchev–Trinajstić information content (AvgIpc) is 2.37. The highest BCUT2D eigenvalue weighted by molar-refractivity contribution is 6.07. The van der Waals surface area contributed by atoms with E-state index in [1.807, 2.05) is 28.3 Å². The quantitative estimate of drug-likeness (QED) is 0.278. The van der Waals surface area contributed by atoms with E-state index in [1.54, 1.807) is 12.1 Å². The largest absolute Gasteiger partial charge is 0.494 e. The molecule has 0 atom stereocenters. The summed E-state index contributed by atoms with van der Waals surface area (Å²) >= 11 is 0. The molecule has 3 rings (SSSR count). The van der Waals surface area contributed by atoms with Crippen LogP contribution in [0.4, 0.5) is 5.69 Å². The molecule has 0 amide bonds. The summed E-state index contributed by atoms with van der Waals surface area (Å²) in [5.74, 6) is -0.983. The summed E-state index contributed by atoms with van der Waals surface area (Å²) in [6.07, 6.45) is 1.81. The lowest BCUT2D eigenvalue weighted by Gasteiger charge is -2.10. The summed E-state index contributed by atoms with van der Waals surface area (Å²) in [5, 5.41) is 25.8. The molecule has 7 N–H and O–H groups in total. The van der Waals surface area contributed by atoms with Crippen LogP contribution in [0.3, 0.4) is 0 Å². The molecule has 112 valence electrons. The third-order valence-corrected chi connectivity index (χ3v) is 3.06. The topological polar surface area (TPSA) is 153 Å². The first-order valence-electron chi connectivity index (χ1n) is 6.28. The van der Waals surface area contributed by atoms with Crippen LogP contribution in [0.2, 0.25) is 0 Å². The molecule has 22 heavy (non-hydrogen) atoms. The maximum absolute atomic E-state index is 11.6. The average molecular weight is 300 g/mol. The Morgan fingerprint density at radius 2 is 1.82 bits per heavy atom. The van der Waals surface area contributed by atoms with Gasteiger partial charge in [0, 0.05) is 17.4 Å². The smallest absolute Gasteiger partial charge is 0.328 e. The first-order chi connectivity index (χ1) is 10.5. The number of hydrogen-bond acceptors (Lipinski definition) is 4. The van der Waals surface area contributed by atoms with Gasteiger partial charge in [0.2, 0.25) is 5.88 Å². The van der Waals surface area contributed by atoms with Crippen molar-refractivity contribution in [3.05, 3.63) is 56.9 Å². The SMILES string of the molecule is N=C(Nc1ccc(-c2c[nH][nH]2)cc1)c1c(O)[nH]c(=O)[nH]c1=O. The molecule has 2 aromatic heterocycles. The Morgan fingerprint density at radius 3 is 2.36 bits per heavy atom. The number of aromatic hydroxyl groups is 1. The summed E-state index contributed by atoms with van der Waals surface area (Å²) < 4.78 is 0. The standard InChI is InChI=1S/C13H12N6O3/c14-10(9-11(20)17-13(22)18-12(9)21)16-7-3-1-6(2-4-7)8-5-15-19-8/h1-5,15,19H,(H2,14,16)(H3,17,18,20,21,22). The van der Waals surface area contributed by atoms with Gasteiger partial charge >= 0.3 is 5.69 Å². The Hall–Kier alpha value is -3.49. The number of anilines is 1. The van der Waals surface area contributed by atoms with Crippen molar-refractivity contribution in [1.82, 2.24) is 20.2 Å². The van der Waals surface area contributed by atoms with Crippen molar-refractivity contribution in [2.45, 2.75) is 0 Å². The van der Waals surface area contributed by atoms with Crippen LogP contribution in [0.5, 0.6) is 5.88 Å². The molecule has 9 nitrogen and oxygen atoms in total. The van der Waals surface area contributed by atoms with Gasteiger partial charge in [-0.15, -0.1) is 0 Å². The van der Waals surface area contributed by atoms with E-state index in [4.69, 9.17) is 5.41 Å². The molecule has 0 unspecified atom stereocenters. The number of aromatic amines is 4. The van der Waals surface area contributed by atoms with Gasteiger partial charge in [-0.2, -0.15) is 0 Å². The molecular formula is C13H12N6O3. The number of nitrogens with one attached hydrogen (secondary N) is 6. The molecule has 0 spiro atoms. The van der Waals surface area contributed by atoms with Gasteiger partial charge in [-0.3, -0.25) is 25.3 Å². The van der Waals surface area contributed by atoms with E-state index in [0.29, 0.717) is 5.69 Å². The van der Waals surface area contributed by atoms with Gasteiger partial charge in [-0.25, -0.2) is 4.79 Å². The first kappa shape index (κ1) is 13.5. The lowest BCUT2D eigenvalue weighted by molar-refractivity contribution is 0.447. The zero-order valence-electron chi connectivity index (χ0n) is 11.2. The van der Waals surface area contributed by atoms with E-state index in [0.717, 1.165) is 11.3 Å². The highest BCUT2D eigenvalue weighted by atomic mass is 16.3. The van der Waals surface area contributed by atoms with Crippen molar-refractivity contribution < 1.29 is 5.11 Å². The highest BCUT2D eigenvalue weighted by Crippen LogP contribution is 2.19. The van der Waals surface area contributed by atoms with Crippen LogP contribution in [0.25, 0.3) is 11.3 Å². The molecule has 0 saturated carbocycles. The molecule has 0 saturated heterocycles. The molecular weight excluding hydrogens is 288 g/mol. The fourth-order valence-electron chi connectivity index (χ4n) is 1.95. The number of aromatic nitrogens is 4. The predicted molar refractivity (Wildman–Crippen MR) is 80.4 cm³/mol. The van der Waals surface area contributed by atoms with Gasteiger partial charge in [0.05, 0.1) is 5.69 Å². The Balaban J connectivity index is 1.83. The molecule has 0 radical (unpaired) electrons. The van der Waals surface area contributed by atoms with Crippen LogP contribution in [-0.2, 0) is 0 Å². The van der Waals surface area contributed by atoms with Gasteiger partial charge in [0.1, 0.15) is 11.4 Å². The van der Waals surface area contributed by atoms with E-state index < -0.39 is 17.1 Å². The molecule has 0 bridgehead atoms. The van der Waals surface area contributed by atoms with Crippen LogP contribution in [-0.4, -0.2) is 31.1 Å². The maximum atomic E-state index is 11.6. The van der Waals surface area contributed by atoms with Crippen LogP contribution in [0.15, 0.2) is 40.1 Å². The van der Waals surface area contributed by atoms with Gasteiger partial charge in [0.15, 0.2) is 0 Å². The third-order valence-electron chi connectivity index (χ3n) is 3.06. The summed E-state index contributed by atoms with van der Waals surface area (Å²) in [6, 6.07) is 7.10. The van der Waals surface area contributed by atoms with Crippen molar-refractivity contribution >= 4 is 11.5 Å². The molecule has 9 heteroatoms. The van der Waals surface area contributed by atoms with Crippen LogP contribution < -0.4 is 16.6 Å². The fraction of sp³-hybridized carbons (Fsp3) is 0. The summed E-state index contributed by atoms with van der Waals surface area (Å²) in [6.45, 7) is 0. The third kappa shape index (κ3) is 2.42. The second-order valence-electron chi connectivity index (χ2n) is 4.54. The number of rotatable bonds is 3. The van der Waals surface area contributed by atoms with E-state index in [1.165, 1.54) is 0 Å². The zero-order chi connectivity index (χ0) is 15.7. The monoisotopic (exact) mass is 300 g/mol. The van der Waals surface area contributed by atoms with Crippen LogP contribution >= 0.6 is 0 Å². The minimum absolute atomic E-state index is 0.328. The fourth-order valence-corrected chi connectivity index (χ4v) is 1.95. The molecule has 0 aliphatic carbocycles. The highest BCUT2D eigenvalue weighted by Gasteiger charge is 2.14. The van der Waals surface area contributed by atoms with E-state index in [2.05, 4.69) is 15.5 Å². The number of H-pyrrole nitrogens is 4. The van der Waals surface area contributed by atoms with Crippen molar-refractivity contribution in [3.8, 4) is 17.1 Å². The van der Waals surface area contributed by atoms with Crippen molar-refractivity contribution in [3.63, 3.8) is 0 Å². The van der Waals surface area contributed by atoms with E-state index >= 15 is 0 Å². The van der Waals surface area contributed by atoms with Gasteiger partial charge < -0.3 is 15.5 Å². The Kier molecular flexibility index (Phi) is 3.14. The molecule has 3 aromatic rings. The van der Waals surface area contributed by atoms with Crippen LogP contribution in [0.1, 0.15) is 5.56 Å². The predicted octanol–water partition coefficient (Wildman–Crippen LogP) is 0.529. The first-order valence-corrected chi connectivity index (χ1v) is 6.28. The minimum atomic E-state index is -0.842. The van der Waals surface area contributed by atoms with Gasteiger partial charge in [-0.1, -0.05) is 12.1 Å².